The molecular weight excluding hydrogens is 362 g/mol. The topological polar surface area (TPSA) is 46.9 Å². The molecule has 1 aliphatic rings. The third-order valence-electron chi connectivity index (χ3n) is 4.16. The Kier molecular flexibility index (Phi) is 5.32. The van der Waals surface area contributed by atoms with Crippen LogP contribution in [0.1, 0.15) is 26.1 Å². The average Bonchev–Trinajstić information content (AvgIpc) is 3.36. The standard InChI is InChI=1S/C20H19N3OS2/c24-19(16-5-7-17(8-6-16)20-25-11-12-26-20)22-18-4-1-3-15(13-18)14-23-10-2-9-21-23/h1-10,13,20H,11-12,14H2,(H,22,24). The number of hydrogen-bond donors (Lipinski definition) is 1. The van der Waals surface area contributed by atoms with Gasteiger partial charge in [-0.2, -0.15) is 5.10 Å². The lowest BCUT2D eigenvalue weighted by atomic mass is 10.1. The van der Waals surface area contributed by atoms with Crippen molar-refractivity contribution in [3.05, 3.63) is 83.7 Å². The lowest BCUT2D eigenvalue weighted by Gasteiger charge is -2.10. The summed E-state index contributed by atoms with van der Waals surface area (Å²) in [6.07, 6.45) is 3.69. The van der Waals surface area contributed by atoms with Gasteiger partial charge in [0.15, 0.2) is 0 Å². The largest absolute Gasteiger partial charge is 0.322 e. The number of amides is 1. The molecule has 4 nitrogen and oxygen atoms in total. The van der Waals surface area contributed by atoms with E-state index in [1.54, 1.807) is 6.20 Å². The second-order valence-electron chi connectivity index (χ2n) is 6.05. The summed E-state index contributed by atoms with van der Waals surface area (Å²) in [5.74, 6) is 2.32. The third-order valence-corrected chi connectivity index (χ3v) is 7.26. The second-order valence-corrected chi connectivity index (χ2v) is 8.78. The predicted octanol–water partition coefficient (Wildman–Crippen LogP) is 4.66. The first-order valence-electron chi connectivity index (χ1n) is 8.49. The summed E-state index contributed by atoms with van der Waals surface area (Å²) >= 11 is 3.94. The molecule has 4 rings (SSSR count). The molecule has 1 fully saturated rings. The number of carbonyl (C=O) groups is 1. The van der Waals surface area contributed by atoms with Crippen LogP contribution in [-0.2, 0) is 6.54 Å². The molecule has 1 aliphatic heterocycles. The molecule has 6 heteroatoms. The minimum absolute atomic E-state index is 0.0838. The van der Waals surface area contributed by atoms with Crippen molar-refractivity contribution < 1.29 is 4.79 Å². The minimum Gasteiger partial charge on any atom is -0.322 e. The van der Waals surface area contributed by atoms with E-state index in [-0.39, 0.29) is 5.91 Å². The van der Waals surface area contributed by atoms with Gasteiger partial charge >= 0.3 is 0 Å². The Bertz CT molecular complexity index is 872. The van der Waals surface area contributed by atoms with Gasteiger partial charge in [-0.15, -0.1) is 23.5 Å². The first-order valence-corrected chi connectivity index (χ1v) is 10.6. The normalized spacial score (nSPS) is 14.5. The molecule has 0 radical (unpaired) electrons. The SMILES string of the molecule is O=C(Nc1cccc(Cn2cccn2)c1)c1ccc(C2SCCS2)cc1. The molecule has 0 atom stereocenters. The molecule has 1 amide bonds. The van der Waals surface area contributed by atoms with Crippen LogP contribution in [0.15, 0.2) is 67.0 Å². The lowest BCUT2D eigenvalue weighted by Crippen LogP contribution is -2.12. The van der Waals surface area contributed by atoms with Crippen molar-refractivity contribution in [3.63, 3.8) is 0 Å². The summed E-state index contributed by atoms with van der Waals surface area (Å²) in [6, 6.07) is 17.7. The van der Waals surface area contributed by atoms with Gasteiger partial charge in [0.1, 0.15) is 0 Å². The van der Waals surface area contributed by atoms with Crippen molar-refractivity contribution in [2.75, 3.05) is 16.8 Å². The third kappa shape index (κ3) is 4.14. The Morgan fingerprint density at radius 2 is 1.92 bits per heavy atom. The van der Waals surface area contributed by atoms with E-state index in [1.807, 2.05) is 76.9 Å². The summed E-state index contributed by atoms with van der Waals surface area (Å²) in [5.41, 5.74) is 3.86. The summed E-state index contributed by atoms with van der Waals surface area (Å²) in [6.45, 7) is 0.683. The van der Waals surface area contributed by atoms with Gasteiger partial charge in [0, 0.05) is 35.2 Å². The highest BCUT2D eigenvalue weighted by atomic mass is 32.2. The Morgan fingerprint density at radius 1 is 1.12 bits per heavy atom. The number of thioether (sulfide) groups is 2. The molecule has 132 valence electrons. The average molecular weight is 382 g/mol. The van der Waals surface area contributed by atoms with E-state index in [2.05, 4.69) is 22.5 Å². The fourth-order valence-electron chi connectivity index (χ4n) is 2.87. The predicted molar refractivity (Wildman–Crippen MR) is 110 cm³/mol. The zero-order valence-corrected chi connectivity index (χ0v) is 15.8. The van der Waals surface area contributed by atoms with Gasteiger partial charge < -0.3 is 5.32 Å². The summed E-state index contributed by atoms with van der Waals surface area (Å²) in [4.78, 5) is 12.5. The fraction of sp³-hybridized carbons (Fsp3) is 0.200. The van der Waals surface area contributed by atoms with Gasteiger partial charge in [-0.05, 0) is 41.5 Å². The van der Waals surface area contributed by atoms with Crippen LogP contribution < -0.4 is 5.32 Å². The van der Waals surface area contributed by atoms with Crippen LogP contribution in [0.3, 0.4) is 0 Å². The van der Waals surface area contributed by atoms with Crippen molar-refractivity contribution in [2.24, 2.45) is 0 Å². The molecule has 2 aromatic carbocycles. The number of rotatable bonds is 5. The van der Waals surface area contributed by atoms with E-state index in [4.69, 9.17) is 0 Å². The molecule has 0 saturated carbocycles. The van der Waals surface area contributed by atoms with E-state index >= 15 is 0 Å². The first kappa shape index (κ1) is 17.2. The number of anilines is 1. The molecule has 0 spiro atoms. The fourth-order valence-corrected chi connectivity index (χ4v) is 5.73. The first-order chi connectivity index (χ1) is 12.8. The van der Waals surface area contributed by atoms with E-state index in [9.17, 15) is 4.79 Å². The number of hydrogen-bond acceptors (Lipinski definition) is 4. The van der Waals surface area contributed by atoms with Crippen LogP contribution >= 0.6 is 23.5 Å². The van der Waals surface area contributed by atoms with Crippen molar-refractivity contribution in [3.8, 4) is 0 Å². The van der Waals surface area contributed by atoms with Crippen LogP contribution in [0.4, 0.5) is 5.69 Å². The summed E-state index contributed by atoms with van der Waals surface area (Å²) in [5, 5.41) is 7.20. The van der Waals surface area contributed by atoms with Crippen molar-refractivity contribution in [2.45, 2.75) is 11.1 Å². The van der Waals surface area contributed by atoms with E-state index in [1.165, 1.54) is 17.1 Å². The van der Waals surface area contributed by atoms with E-state index in [0.29, 0.717) is 16.7 Å². The lowest BCUT2D eigenvalue weighted by molar-refractivity contribution is 0.102. The molecule has 1 N–H and O–H groups in total. The molecule has 0 aliphatic carbocycles. The zero-order chi connectivity index (χ0) is 17.8. The van der Waals surface area contributed by atoms with Gasteiger partial charge in [0.25, 0.3) is 5.91 Å². The van der Waals surface area contributed by atoms with Gasteiger partial charge in [-0.1, -0.05) is 24.3 Å². The molecule has 0 bridgehead atoms. The van der Waals surface area contributed by atoms with Crippen LogP contribution in [0.5, 0.6) is 0 Å². The Morgan fingerprint density at radius 3 is 2.65 bits per heavy atom. The smallest absolute Gasteiger partial charge is 0.255 e. The van der Waals surface area contributed by atoms with Crippen molar-refractivity contribution in [1.29, 1.82) is 0 Å². The van der Waals surface area contributed by atoms with Crippen LogP contribution in [0, 0.1) is 0 Å². The molecule has 0 unspecified atom stereocenters. The Labute approximate surface area is 161 Å². The van der Waals surface area contributed by atoms with Crippen molar-refractivity contribution >= 4 is 35.1 Å². The highest BCUT2D eigenvalue weighted by Crippen LogP contribution is 2.45. The molecule has 1 aromatic heterocycles. The molecular formula is C20H19N3OS2. The summed E-state index contributed by atoms with van der Waals surface area (Å²) < 4.78 is 2.37. The van der Waals surface area contributed by atoms with Crippen molar-refractivity contribution in [1.82, 2.24) is 9.78 Å². The number of carbonyl (C=O) groups excluding carboxylic acids is 1. The zero-order valence-electron chi connectivity index (χ0n) is 14.2. The molecule has 3 aromatic rings. The van der Waals surface area contributed by atoms with E-state index < -0.39 is 0 Å². The highest BCUT2D eigenvalue weighted by molar-refractivity contribution is 8.19. The highest BCUT2D eigenvalue weighted by Gasteiger charge is 2.18. The van der Waals surface area contributed by atoms with Crippen LogP contribution in [0.25, 0.3) is 0 Å². The number of benzene rings is 2. The minimum atomic E-state index is -0.0838. The van der Waals surface area contributed by atoms with Gasteiger partial charge in [0.05, 0.1) is 11.1 Å². The quantitative estimate of drug-likeness (QED) is 0.698. The van der Waals surface area contributed by atoms with Crippen LogP contribution in [-0.4, -0.2) is 27.2 Å². The maximum atomic E-state index is 12.5. The number of aromatic nitrogens is 2. The molecule has 1 saturated heterocycles. The number of nitrogens with one attached hydrogen (secondary N) is 1. The van der Waals surface area contributed by atoms with Crippen LogP contribution in [0.2, 0.25) is 0 Å². The van der Waals surface area contributed by atoms with Gasteiger partial charge in [-0.3, -0.25) is 9.48 Å². The number of nitrogens with zero attached hydrogens (tertiary/aromatic N) is 2. The monoisotopic (exact) mass is 381 g/mol. The second kappa shape index (κ2) is 8.01. The maximum absolute atomic E-state index is 12.5. The van der Waals surface area contributed by atoms with Gasteiger partial charge in [-0.25, -0.2) is 0 Å². The molecule has 2 heterocycles. The van der Waals surface area contributed by atoms with Gasteiger partial charge in [0.2, 0.25) is 0 Å². The Balaban J connectivity index is 1.42. The maximum Gasteiger partial charge on any atom is 0.255 e. The molecule has 26 heavy (non-hydrogen) atoms. The summed E-state index contributed by atoms with van der Waals surface area (Å²) in [7, 11) is 0. The Hall–Kier alpha value is -2.18. The van der Waals surface area contributed by atoms with E-state index in [0.717, 1.165) is 11.3 Å².